The third kappa shape index (κ3) is 4.82. The molecule has 0 spiro atoms. The molecule has 0 radical (unpaired) electrons. The van der Waals surface area contributed by atoms with Gasteiger partial charge in [-0.05, 0) is 38.0 Å². The topological polar surface area (TPSA) is 68.0 Å². The first-order valence-corrected chi connectivity index (χ1v) is 11.5. The van der Waals surface area contributed by atoms with E-state index < -0.39 is 0 Å². The lowest BCUT2D eigenvalue weighted by molar-refractivity contribution is 0.0722. The number of ether oxygens (including phenoxy) is 2. The maximum Gasteiger partial charge on any atom is 0.254 e. The molecule has 0 saturated carbocycles. The van der Waals surface area contributed by atoms with Gasteiger partial charge in [0.15, 0.2) is 11.5 Å². The zero-order chi connectivity index (χ0) is 23.4. The molecule has 1 amide bonds. The van der Waals surface area contributed by atoms with Crippen LogP contribution in [0.2, 0.25) is 0 Å². The van der Waals surface area contributed by atoms with Gasteiger partial charge in [0.25, 0.3) is 5.91 Å². The van der Waals surface area contributed by atoms with Crippen LogP contribution < -0.4 is 14.4 Å². The summed E-state index contributed by atoms with van der Waals surface area (Å²) in [6.07, 6.45) is 0. The lowest BCUT2D eigenvalue weighted by Crippen LogP contribution is -2.34. The van der Waals surface area contributed by atoms with Crippen molar-refractivity contribution < 1.29 is 18.8 Å². The summed E-state index contributed by atoms with van der Waals surface area (Å²) in [7, 11) is 0. The number of hydrogen-bond acceptors (Lipinski definition) is 6. The zero-order valence-corrected chi connectivity index (χ0v) is 19.7. The van der Waals surface area contributed by atoms with Crippen molar-refractivity contribution in [2.75, 3.05) is 31.3 Å². The molecule has 7 heteroatoms. The van der Waals surface area contributed by atoms with E-state index in [4.69, 9.17) is 14.0 Å². The van der Waals surface area contributed by atoms with Gasteiger partial charge in [0.1, 0.15) is 5.69 Å². The van der Waals surface area contributed by atoms with E-state index >= 15 is 0 Å². The van der Waals surface area contributed by atoms with Crippen molar-refractivity contribution in [3.8, 4) is 22.8 Å². The summed E-state index contributed by atoms with van der Waals surface area (Å²) in [5.41, 5.74) is 3.22. The summed E-state index contributed by atoms with van der Waals surface area (Å²) in [4.78, 5) is 17.6. The number of aromatic nitrogens is 1. The standard InChI is InChI=1S/C26H31N3O4/c1-5-28(6-2)26-21(24(27-33-26)19-10-8-7-9-11-19)16-29(15-18(3)4)25(30)20-12-13-22-23(14-20)32-17-31-22/h7-14,18H,5-6,15-17H2,1-4H3. The van der Waals surface area contributed by atoms with Crippen LogP contribution in [0.4, 0.5) is 5.88 Å². The molecule has 0 fully saturated rings. The molecule has 3 aromatic rings. The minimum atomic E-state index is -0.0623. The van der Waals surface area contributed by atoms with E-state index in [9.17, 15) is 4.79 Å². The molecule has 1 aliphatic rings. The quantitative estimate of drug-likeness (QED) is 0.446. The van der Waals surface area contributed by atoms with Gasteiger partial charge in [0.2, 0.25) is 12.7 Å². The second-order valence-corrected chi connectivity index (χ2v) is 8.50. The number of nitrogens with zero attached hydrogens (tertiary/aromatic N) is 3. The molecule has 2 aromatic carbocycles. The van der Waals surface area contributed by atoms with E-state index in [0.29, 0.717) is 42.0 Å². The molecule has 0 bridgehead atoms. The van der Waals surface area contributed by atoms with Crippen molar-refractivity contribution in [2.45, 2.75) is 34.2 Å². The van der Waals surface area contributed by atoms with Crippen LogP contribution in [-0.4, -0.2) is 42.4 Å². The van der Waals surface area contributed by atoms with Gasteiger partial charge >= 0.3 is 0 Å². The predicted octanol–water partition coefficient (Wildman–Crippen LogP) is 5.21. The monoisotopic (exact) mass is 449 g/mol. The van der Waals surface area contributed by atoms with Crippen LogP contribution in [0.15, 0.2) is 53.1 Å². The average Bonchev–Trinajstić information content (AvgIpc) is 3.46. The lowest BCUT2D eigenvalue weighted by atomic mass is 10.0. The van der Waals surface area contributed by atoms with Crippen LogP contribution in [0.3, 0.4) is 0 Å². The van der Waals surface area contributed by atoms with Gasteiger partial charge in [0, 0.05) is 30.8 Å². The summed E-state index contributed by atoms with van der Waals surface area (Å²) in [5.74, 6) is 2.21. The van der Waals surface area contributed by atoms with E-state index in [0.717, 1.165) is 29.9 Å². The first-order chi connectivity index (χ1) is 16.0. The highest BCUT2D eigenvalue weighted by molar-refractivity contribution is 5.95. The average molecular weight is 450 g/mol. The fourth-order valence-corrected chi connectivity index (χ4v) is 4.09. The van der Waals surface area contributed by atoms with Gasteiger partial charge in [-0.1, -0.05) is 49.3 Å². The third-order valence-electron chi connectivity index (χ3n) is 5.71. The number of rotatable bonds is 9. The van der Waals surface area contributed by atoms with Crippen LogP contribution in [-0.2, 0) is 6.54 Å². The fourth-order valence-electron chi connectivity index (χ4n) is 4.09. The molecule has 2 heterocycles. The summed E-state index contributed by atoms with van der Waals surface area (Å²) in [6.45, 7) is 11.1. The number of benzene rings is 2. The minimum Gasteiger partial charge on any atom is -0.454 e. The summed E-state index contributed by atoms with van der Waals surface area (Å²) < 4.78 is 16.7. The number of carbonyl (C=O) groups is 1. The molecule has 1 aliphatic heterocycles. The predicted molar refractivity (Wildman–Crippen MR) is 128 cm³/mol. The van der Waals surface area contributed by atoms with Gasteiger partial charge < -0.3 is 23.8 Å². The highest BCUT2D eigenvalue weighted by Crippen LogP contribution is 2.35. The van der Waals surface area contributed by atoms with Crippen molar-refractivity contribution in [1.82, 2.24) is 10.1 Å². The van der Waals surface area contributed by atoms with Crippen LogP contribution in [0.5, 0.6) is 11.5 Å². The van der Waals surface area contributed by atoms with Crippen LogP contribution in [0.1, 0.15) is 43.6 Å². The second kappa shape index (κ2) is 9.98. The van der Waals surface area contributed by atoms with Crippen LogP contribution in [0, 0.1) is 5.92 Å². The highest BCUT2D eigenvalue weighted by atomic mass is 16.7. The van der Waals surface area contributed by atoms with Crippen molar-refractivity contribution in [3.63, 3.8) is 0 Å². The molecule has 0 saturated heterocycles. The molecule has 0 atom stereocenters. The molecule has 7 nitrogen and oxygen atoms in total. The van der Waals surface area contributed by atoms with Crippen molar-refractivity contribution in [1.29, 1.82) is 0 Å². The summed E-state index contributed by atoms with van der Waals surface area (Å²) in [6, 6.07) is 15.3. The maximum atomic E-state index is 13.6. The number of fused-ring (bicyclic) bond motifs is 1. The SMILES string of the molecule is CCN(CC)c1onc(-c2ccccc2)c1CN(CC(C)C)C(=O)c1ccc2c(c1)OCO2. The van der Waals surface area contributed by atoms with E-state index in [-0.39, 0.29) is 12.7 Å². The van der Waals surface area contributed by atoms with E-state index in [1.807, 2.05) is 35.2 Å². The highest BCUT2D eigenvalue weighted by Gasteiger charge is 2.27. The maximum absolute atomic E-state index is 13.6. The normalized spacial score (nSPS) is 12.3. The Hall–Kier alpha value is -3.48. The van der Waals surface area contributed by atoms with Gasteiger partial charge in [-0.15, -0.1) is 0 Å². The molecule has 1 aromatic heterocycles. The van der Waals surface area contributed by atoms with Gasteiger partial charge in [-0.2, -0.15) is 0 Å². The molecule has 0 N–H and O–H groups in total. The Morgan fingerprint density at radius 2 is 1.76 bits per heavy atom. The second-order valence-electron chi connectivity index (χ2n) is 8.50. The molecule has 0 aliphatic carbocycles. The molecule has 0 unspecified atom stereocenters. The summed E-state index contributed by atoms with van der Waals surface area (Å²) >= 11 is 0. The fraction of sp³-hybridized carbons (Fsp3) is 0.385. The van der Waals surface area contributed by atoms with E-state index in [1.54, 1.807) is 18.2 Å². The molecular weight excluding hydrogens is 418 g/mol. The van der Waals surface area contributed by atoms with Crippen LogP contribution >= 0.6 is 0 Å². The lowest BCUT2D eigenvalue weighted by Gasteiger charge is -2.26. The van der Waals surface area contributed by atoms with Crippen LogP contribution in [0.25, 0.3) is 11.3 Å². The molecular formula is C26H31N3O4. The zero-order valence-electron chi connectivity index (χ0n) is 19.7. The van der Waals surface area contributed by atoms with Gasteiger partial charge in [0.05, 0.1) is 12.1 Å². The third-order valence-corrected chi connectivity index (χ3v) is 5.71. The molecule has 4 rings (SSSR count). The Labute approximate surface area is 194 Å². The first kappa shape index (κ1) is 22.7. The van der Waals surface area contributed by atoms with Gasteiger partial charge in [-0.25, -0.2) is 0 Å². The number of carbonyl (C=O) groups excluding carboxylic acids is 1. The van der Waals surface area contributed by atoms with Crippen molar-refractivity contribution in [3.05, 3.63) is 59.7 Å². The smallest absolute Gasteiger partial charge is 0.254 e. The Bertz CT molecular complexity index is 1090. The van der Waals surface area contributed by atoms with Crippen molar-refractivity contribution in [2.24, 2.45) is 5.92 Å². The van der Waals surface area contributed by atoms with E-state index in [2.05, 4.69) is 37.8 Å². The largest absolute Gasteiger partial charge is 0.454 e. The minimum absolute atomic E-state index is 0.0623. The van der Waals surface area contributed by atoms with Gasteiger partial charge in [-0.3, -0.25) is 4.79 Å². The number of amides is 1. The molecule has 174 valence electrons. The number of hydrogen-bond donors (Lipinski definition) is 0. The Kier molecular flexibility index (Phi) is 6.87. The Morgan fingerprint density at radius 3 is 2.45 bits per heavy atom. The Morgan fingerprint density at radius 1 is 1.03 bits per heavy atom. The number of anilines is 1. The van der Waals surface area contributed by atoms with E-state index in [1.165, 1.54) is 0 Å². The Balaban J connectivity index is 1.72. The van der Waals surface area contributed by atoms with Crippen molar-refractivity contribution >= 4 is 11.8 Å². The molecule has 33 heavy (non-hydrogen) atoms. The summed E-state index contributed by atoms with van der Waals surface area (Å²) in [5, 5.41) is 4.42. The first-order valence-electron chi connectivity index (χ1n) is 11.5.